The maximum absolute atomic E-state index is 6.33. The maximum atomic E-state index is 6.33. The Morgan fingerprint density at radius 2 is 1.04 bits per heavy atom. The van der Waals surface area contributed by atoms with E-state index >= 15 is 0 Å². The lowest BCUT2D eigenvalue weighted by Crippen LogP contribution is -2.10. The highest BCUT2D eigenvalue weighted by Gasteiger charge is 2.20. The Hall–Kier alpha value is -6.49. The minimum Gasteiger partial charge on any atom is -0.456 e. The highest BCUT2D eigenvalue weighted by atomic mass is 32.1. The number of furan rings is 1. The van der Waals surface area contributed by atoms with E-state index in [4.69, 9.17) is 9.40 Å². The number of nitrogens with zero attached hydrogens (tertiary/aromatic N) is 2. The first-order chi connectivity index (χ1) is 25.3. The van der Waals surface area contributed by atoms with Crippen molar-refractivity contribution in [2.24, 2.45) is 0 Å². The second kappa shape index (κ2) is 12.1. The zero-order valence-corrected chi connectivity index (χ0v) is 28.3. The van der Waals surface area contributed by atoms with Crippen LogP contribution in [0.2, 0.25) is 0 Å². The Kier molecular flexibility index (Phi) is 7.00. The van der Waals surface area contributed by atoms with Crippen molar-refractivity contribution in [3.05, 3.63) is 182 Å². The van der Waals surface area contributed by atoms with Gasteiger partial charge in [-0.25, -0.2) is 4.98 Å². The molecule has 51 heavy (non-hydrogen) atoms. The minimum absolute atomic E-state index is 0.872. The van der Waals surface area contributed by atoms with E-state index < -0.39 is 0 Å². The number of fused-ring (bicyclic) bond motifs is 6. The van der Waals surface area contributed by atoms with E-state index in [1.807, 2.05) is 18.2 Å². The number of para-hydroxylation sites is 1. The van der Waals surface area contributed by atoms with Gasteiger partial charge in [0.15, 0.2) is 0 Å². The largest absolute Gasteiger partial charge is 0.456 e. The van der Waals surface area contributed by atoms with Crippen molar-refractivity contribution >= 4 is 71.3 Å². The second-order valence-electron chi connectivity index (χ2n) is 12.8. The summed E-state index contributed by atoms with van der Waals surface area (Å²) in [5.74, 6) is 0. The lowest BCUT2D eigenvalue weighted by atomic mass is 10.00. The van der Waals surface area contributed by atoms with Gasteiger partial charge in [-0.15, -0.1) is 11.3 Å². The van der Waals surface area contributed by atoms with E-state index in [1.54, 1.807) is 11.3 Å². The number of thiazole rings is 1. The van der Waals surface area contributed by atoms with Crippen molar-refractivity contribution in [3.8, 4) is 32.8 Å². The van der Waals surface area contributed by atoms with E-state index in [0.29, 0.717) is 0 Å². The Bertz CT molecular complexity index is 2840. The molecule has 0 aliphatic heterocycles. The van der Waals surface area contributed by atoms with Gasteiger partial charge in [0.2, 0.25) is 0 Å². The molecule has 0 saturated heterocycles. The van der Waals surface area contributed by atoms with Gasteiger partial charge < -0.3 is 9.32 Å². The lowest BCUT2D eigenvalue weighted by molar-refractivity contribution is 0.669. The highest BCUT2D eigenvalue weighted by molar-refractivity contribution is 7.22. The number of anilines is 3. The van der Waals surface area contributed by atoms with Crippen LogP contribution in [0.15, 0.2) is 186 Å². The molecule has 240 valence electrons. The molecule has 3 nitrogen and oxygen atoms in total. The summed E-state index contributed by atoms with van der Waals surface area (Å²) in [4.78, 5) is 7.33. The summed E-state index contributed by atoms with van der Waals surface area (Å²) >= 11 is 1.76. The molecule has 0 N–H and O–H groups in total. The van der Waals surface area contributed by atoms with Gasteiger partial charge in [-0.2, -0.15) is 0 Å². The molecule has 0 fully saturated rings. The summed E-state index contributed by atoms with van der Waals surface area (Å²) in [6.07, 6.45) is 0. The molecule has 4 heteroatoms. The molecule has 0 bridgehead atoms. The Balaban J connectivity index is 1.08. The molecule has 0 spiro atoms. The van der Waals surface area contributed by atoms with Gasteiger partial charge in [-0.1, -0.05) is 127 Å². The molecule has 2 aromatic heterocycles. The van der Waals surface area contributed by atoms with E-state index in [0.717, 1.165) is 60.7 Å². The molecule has 0 amide bonds. The molecule has 0 radical (unpaired) electrons. The molecule has 0 aliphatic rings. The average Bonchev–Trinajstić information content (AvgIpc) is 3.82. The van der Waals surface area contributed by atoms with E-state index in [9.17, 15) is 0 Å². The molecular weight excluding hydrogens is 641 g/mol. The van der Waals surface area contributed by atoms with Crippen LogP contribution in [0.5, 0.6) is 0 Å². The zero-order valence-electron chi connectivity index (χ0n) is 27.5. The van der Waals surface area contributed by atoms with E-state index in [2.05, 4.69) is 169 Å². The van der Waals surface area contributed by atoms with Gasteiger partial charge in [-0.3, -0.25) is 0 Å². The van der Waals surface area contributed by atoms with Crippen LogP contribution in [0.4, 0.5) is 17.1 Å². The third-order valence-electron chi connectivity index (χ3n) is 9.71. The van der Waals surface area contributed by atoms with Crippen LogP contribution < -0.4 is 4.90 Å². The van der Waals surface area contributed by atoms with Gasteiger partial charge in [-0.05, 0) is 82.2 Å². The van der Waals surface area contributed by atoms with Gasteiger partial charge in [0.1, 0.15) is 16.2 Å². The summed E-state index contributed by atoms with van der Waals surface area (Å²) in [6.45, 7) is 0. The second-order valence-corrected chi connectivity index (χ2v) is 13.8. The summed E-state index contributed by atoms with van der Waals surface area (Å²) in [5.41, 5.74) is 11.9. The zero-order chi connectivity index (χ0) is 33.7. The van der Waals surface area contributed by atoms with Crippen molar-refractivity contribution in [3.63, 3.8) is 0 Å². The molecule has 10 aromatic rings. The van der Waals surface area contributed by atoms with E-state index in [1.165, 1.54) is 32.2 Å². The van der Waals surface area contributed by atoms with Crippen LogP contribution in [0.3, 0.4) is 0 Å². The van der Waals surface area contributed by atoms with Crippen LogP contribution in [0.1, 0.15) is 0 Å². The van der Waals surface area contributed by atoms with Crippen molar-refractivity contribution < 1.29 is 4.42 Å². The Morgan fingerprint density at radius 3 is 1.78 bits per heavy atom. The molecule has 0 unspecified atom stereocenters. The molecule has 0 aliphatic carbocycles. The quantitative estimate of drug-likeness (QED) is 0.176. The van der Waals surface area contributed by atoms with Gasteiger partial charge >= 0.3 is 0 Å². The van der Waals surface area contributed by atoms with E-state index in [-0.39, 0.29) is 0 Å². The first-order valence-corrected chi connectivity index (χ1v) is 17.9. The Labute approximate surface area is 299 Å². The lowest BCUT2D eigenvalue weighted by Gasteiger charge is -2.26. The van der Waals surface area contributed by atoms with Gasteiger partial charge in [0.05, 0.1) is 21.3 Å². The Morgan fingerprint density at radius 1 is 0.451 bits per heavy atom. The van der Waals surface area contributed by atoms with Crippen LogP contribution in [0.25, 0.3) is 75.8 Å². The third kappa shape index (κ3) is 5.16. The van der Waals surface area contributed by atoms with Crippen LogP contribution in [-0.2, 0) is 0 Å². The molecular formula is C47H30N2OS. The number of benzene rings is 8. The van der Waals surface area contributed by atoms with Gasteiger partial charge in [0.25, 0.3) is 0 Å². The SMILES string of the molecule is c1ccc(-c2ccc(N(c3ccc(-c4ccc5ccc6nc(-c7ccccc7)sc6c5c4)cc3)c3cccc4oc5ccccc5c34)cc2)cc1. The fourth-order valence-electron chi connectivity index (χ4n) is 7.19. The fraction of sp³-hybridized carbons (Fsp3) is 0. The molecule has 0 saturated carbocycles. The summed E-state index contributed by atoms with van der Waals surface area (Å²) < 4.78 is 7.55. The predicted molar refractivity (Wildman–Crippen MR) is 215 cm³/mol. The maximum Gasteiger partial charge on any atom is 0.137 e. The van der Waals surface area contributed by atoms with Crippen LogP contribution in [-0.4, -0.2) is 4.98 Å². The fourth-order valence-corrected chi connectivity index (χ4v) is 8.29. The smallest absolute Gasteiger partial charge is 0.137 e. The highest BCUT2D eigenvalue weighted by Crippen LogP contribution is 2.44. The minimum atomic E-state index is 0.872. The molecule has 10 rings (SSSR count). The third-order valence-corrected chi connectivity index (χ3v) is 10.9. The normalized spacial score (nSPS) is 11.5. The topological polar surface area (TPSA) is 29.3 Å². The van der Waals surface area contributed by atoms with Crippen molar-refractivity contribution in [1.29, 1.82) is 0 Å². The number of rotatable bonds is 6. The van der Waals surface area contributed by atoms with Gasteiger partial charge in [0, 0.05) is 27.7 Å². The number of hydrogen-bond acceptors (Lipinski definition) is 4. The molecule has 0 atom stereocenters. The number of aromatic nitrogens is 1. The summed E-state index contributed by atoms with van der Waals surface area (Å²) in [6, 6.07) is 64.4. The van der Waals surface area contributed by atoms with Crippen molar-refractivity contribution in [2.75, 3.05) is 4.90 Å². The van der Waals surface area contributed by atoms with Crippen molar-refractivity contribution in [1.82, 2.24) is 4.98 Å². The van der Waals surface area contributed by atoms with Crippen LogP contribution >= 0.6 is 11.3 Å². The van der Waals surface area contributed by atoms with Crippen LogP contribution in [0, 0.1) is 0 Å². The average molecular weight is 671 g/mol. The monoisotopic (exact) mass is 670 g/mol. The number of hydrogen-bond donors (Lipinski definition) is 0. The standard InChI is InChI=1S/C47H30N2OS/c1-3-10-31(11-4-1)32-20-25-37(26-21-32)49(42-15-9-17-44-45(42)39-14-7-8-16-43(39)50-44)38-27-22-33(23-28-38)36-19-18-34-24-29-41-46(40(34)30-36)51-47(48-41)35-12-5-2-6-13-35/h1-30H. The molecule has 8 aromatic carbocycles. The summed E-state index contributed by atoms with van der Waals surface area (Å²) in [5, 5.41) is 5.70. The van der Waals surface area contributed by atoms with Crippen molar-refractivity contribution in [2.45, 2.75) is 0 Å². The first-order valence-electron chi connectivity index (χ1n) is 17.1. The first kappa shape index (κ1) is 29.4. The molecule has 2 heterocycles. The predicted octanol–water partition coefficient (Wildman–Crippen LogP) is 13.8. The summed E-state index contributed by atoms with van der Waals surface area (Å²) in [7, 11) is 0.